The number of aromatic nitrogens is 1. The molecule has 0 radical (unpaired) electrons. The molecule has 0 bridgehead atoms. The van der Waals surface area contributed by atoms with Crippen LogP contribution in [0.2, 0.25) is 0 Å². The summed E-state index contributed by atoms with van der Waals surface area (Å²) in [4.78, 5) is 4.21. The Labute approximate surface area is 126 Å². The molecule has 1 aromatic carbocycles. The summed E-state index contributed by atoms with van der Waals surface area (Å²) in [6, 6.07) is 9.44. The molecule has 0 aliphatic heterocycles. The predicted molar refractivity (Wildman–Crippen MR) is 87.2 cm³/mol. The third kappa shape index (κ3) is 5.05. The van der Waals surface area contributed by atoms with Crippen molar-refractivity contribution in [3.05, 3.63) is 36.0 Å². The summed E-state index contributed by atoms with van der Waals surface area (Å²) < 4.78 is 0. The van der Waals surface area contributed by atoms with Crippen molar-refractivity contribution in [1.29, 1.82) is 5.26 Å². The second-order valence-electron chi connectivity index (χ2n) is 4.90. The van der Waals surface area contributed by atoms with Crippen molar-refractivity contribution in [1.82, 2.24) is 4.98 Å². The molecule has 1 heterocycles. The van der Waals surface area contributed by atoms with Gasteiger partial charge in [-0.2, -0.15) is 5.26 Å². The van der Waals surface area contributed by atoms with Crippen molar-refractivity contribution in [2.24, 2.45) is 0 Å². The van der Waals surface area contributed by atoms with E-state index in [9.17, 15) is 5.11 Å². The average Bonchev–Trinajstić information content (AvgIpc) is 2.52. The summed E-state index contributed by atoms with van der Waals surface area (Å²) in [6.45, 7) is 6.55. The number of rotatable bonds is 4. The molecule has 2 rings (SSSR count). The standard InChI is InChI=1S/C13H13N3O.C4H10/c1-9(17)8-16-12-5-4-10(7-14)13-11(12)3-2-6-15-13;1-3-4-2/h2-6,9,16-17H,8H2,1H3;3-4H2,1-2H3. The fourth-order valence-corrected chi connectivity index (χ4v) is 1.67. The van der Waals surface area contributed by atoms with Gasteiger partial charge in [0.25, 0.3) is 0 Å². The van der Waals surface area contributed by atoms with E-state index in [0.29, 0.717) is 17.6 Å². The van der Waals surface area contributed by atoms with Gasteiger partial charge in [-0.25, -0.2) is 0 Å². The van der Waals surface area contributed by atoms with Crippen LogP contribution >= 0.6 is 0 Å². The summed E-state index contributed by atoms with van der Waals surface area (Å²) in [5.74, 6) is 0. The minimum absolute atomic E-state index is 0.419. The van der Waals surface area contributed by atoms with Crippen molar-refractivity contribution in [2.45, 2.75) is 39.7 Å². The molecule has 0 fully saturated rings. The Hall–Kier alpha value is -2.12. The van der Waals surface area contributed by atoms with E-state index in [-0.39, 0.29) is 0 Å². The fourth-order valence-electron chi connectivity index (χ4n) is 1.67. The quantitative estimate of drug-likeness (QED) is 0.898. The molecule has 112 valence electrons. The lowest BCUT2D eigenvalue weighted by Gasteiger charge is -2.11. The number of hydrogen-bond acceptors (Lipinski definition) is 4. The van der Waals surface area contributed by atoms with Crippen LogP contribution in [-0.2, 0) is 0 Å². The summed E-state index contributed by atoms with van der Waals surface area (Å²) in [5.41, 5.74) is 2.13. The molecule has 1 unspecified atom stereocenters. The van der Waals surface area contributed by atoms with Crippen molar-refractivity contribution < 1.29 is 5.11 Å². The van der Waals surface area contributed by atoms with Crippen molar-refractivity contribution in [3.8, 4) is 6.07 Å². The van der Waals surface area contributed by atoms with Crippen LogP contribution in [0.4, 0.5) is 5.69 Å². The van der Waals surface area contributed by atoms with Gasteiger partial charge in [-0.1, -0.05) is 26.7 Å². The Morgan fingerprint density at radius 2 is 2.00 bits per heavy atom. The van der Waals surface area contributed by atoms with Crippen LogP contribution in [0.1, 0.15) is 39.2 Å². The van der Waals surface area contributed by atoms with Crippen molar-refractivity contribution >= 4 is 16.6 Å². The molecule has 0 saturated heterocycles. The molecule has 0 amide bonds. The number of pyridine rings is 1. The molecule has 2 aromatic rings. The second kappa shape index (κ2) is 8.93. The Balaban J connectivity index is 0.000000491. The van der Waals surface area contributed by atoms with Gasteiger partial charge in [0.1, 0.15) is 6.07 Å². The first-order valence-electron chi connectivity index (χ1n) is 7.33. The first kappa shape index (κ1) is 16.9. The number of unbranched alkanes of at least 4 members (excludes halogenated alkanes) is 1. The van der Waals surface area contributed by atoms with Gasteiger partial charge < -0.3 is 10.4 Å². The first-order valence-corrected chi connectivity index (χ1v) is 7.33. The summed E-state index contributed by atoms with van der Waals surface area (Å²) in [6.07, 6.45) is 3.89. The van der Waals surface area contributed by atoms with Gasteiger partial charge in [-0.05, 0) is 31.2 Å². The molecule has 0 saturated carbocycles. The summed E-state index contributed by atoms with van der Waals surface area (Å²) in [7, 11) is 0. The lowest BCUT2D eigenvalue weighted by Crippen LogP contribution is -2.15. The minimum atomic E-state index is -0.419. The zero-order chi connectivity index (χ0) is 15.7. The van der Waals surface area contributed by atoms with E-state index >= 15 is 0 Å². The van der Waals surface area contributed by atoms with Crippen molar-refractivity contribution in [3.63, 3.8) is 0 Å². The van der Waals surface area contributed by atoms with Gasteiger partial charge in [0.2, 0.25) is 0 Å². The lowest BCUT2D eigenvalue weighted by atomic mass is 10.1. The van der Waals surface area contributed by atoms with E-state index in [4.69, 9.17) is 5.26 Å². The molecule has 2 N–H and O–H groups in total. The average molecular weight is 285 g/mol. The maximum atomic E-state index is 9.26. The van der Waals surface area contributed by atoms with E-state index in [1.165, 1.54) is 12.8 Å². The molecule has 1 atom stereocenters. The van der Waals surface area contributed by atoms with E-state index in [1.54, 1.807) is 19.2 Å². The summed E-state index contributed by atoms with van der Waals surface area (Å²) >= 11 is 0. The Kier molecular flexibility index (Phi) is 7.20. The SMILES string of the molecule is CC(O)CNc1ccc(C#N)c2ncccc12.CCCC. The lowest BCUT2D eigenvalue weighted by molar-refractivity contribution is 0.208. The zero-order valence-electron chi connectivity index (χ0n) is 12.9. The predicted octanol–water partition coefficient (Wildman–Crippen LogP) is 3.71. The van der Waals surface area contributed by atoms with Crippen molar-refractivity contribution in [2.75, 3.05) is 11.9 Å². The van der Waals surface area contributed by atoms with Gasteiger partial charge in [0, 0.05) is 23.8 Å². The van der Waals surface area contributed by atoms with Gasteiger partial charge in [0.15, 0.2) is 0 Å². The van der Waals surface area contributed by atoms with Crippen LogP contribution in [0.25, 0.3) is 10.9 Å². The monoisotopic (exact) mass is 285 g/mol. The molecule has 0 aliphatic carbocycles. The number of aliphatic hydroxyl groups excluding tert-OH is 1. The van der Waals surface area contributed by atoms with E-state index in [0.717, 1.165) is 11.1 Å². The van der Waals surface area contributed by atoms with E-state index in [1.807, 2.05) is 18.2 Å². The number of anilines is 1. The molecule has 21 heavy (non-hydrogen) atoms. The van der Waals surface area contributed by atoms with Crippen LogP contribution in [0, 0.1) is 11.3 Å². The van der Waals surface area contributed by atoms with Gasteiger partial charge >= 0.3 is 0 Å². The summed E-state index contributed by atoms with van der Waals surface area (Å²) in [5, 5.41) is 22.3. The van der Waals surface area contributed by atoms with Crippen LogP contribution in [0.15, 0.2) is 30.5 Å². The normalized spacial score (nSPS) is 11.2. The molecule has 4 nitrogen and oxygen atoms in total. The number of aliphatic hydroxyl groups is 1. The molecular weight excluding hydrogens is 262 g/mol. The maximum Gasteiger partial charge on any atom is 0.101 e. The third-order valence-electron chi connectivity index (χ3n) is 2.98. The second-order valence-corrected chi connectivity index (χ2v) is 4.90. The van der Waals surface area contributed by atoms with Gasteiger partial charge in [-0.3, -0.25) is 4.98 Å². The number of benzene rings is 1. The maximum absolute atomic E-state index is 9.26. The number of nitrogens with zero attached hydrogens (tertiary/aromatic N) is 2. The largest absolute Gasteiger partial charge is 0.392 e. The molecule has 0 spiro atoms. The molecule has 1 aromatic heterocycles. The molecule has 0 aliphatic rings. The van der Waals surface area contributed by atoms with Crippen LogP contribution in [-0.4, -0.2) is 22.7 Å². The van der Waals surface area contributed by atoms with E-state index < -0.39 is 6.10 Å². The highest BCUT2D eigenvalue weighted by Crippen LogP contribution is 2.24. The van der Waals surface area contributed by atoms with Crippen LogP contribution < -0.4 is 5.32 Å². The number of nitriles is 1. The third-order valence-corrected chi connectivity index (χ3v) is 2.98. The Bertz CT molecular complexity index is 600. The number of hydrogen-bond donors (Lipinski definition) is 2. The molecule has 4 heteroatoms. The smallest absolute Gasteiger partial charge is 0.101 e. The Morgan fingerprint density at radius 1 is 1.29 bits per heavy atom. The van der Waals surface area contributed by atoms with Crippen LogP contribution in [0.3, 0.4) is 0 Å². The van der Waals surface area contributed by atoms with E-state index in [2.05, 4.69) is 30.2 Å². The zero-order valence-corrected chi connectivity index (χ0v) is 12.9. The Morgan fingerprint density at radius 3 is 2.57 bits per heavy atom. The fraction of sp³-hybridized carbons (Fsp3) is 0.412. The topological polar surface area (TPSA) is 68.9 Å². The first-order chi connectivity index (χ1) is 10.1. The minimum Gasteiger partial charge on any atom is -0.392 e. The molecular formula is C17H23N3O. The highest BCUT2D eigenvalue weighted by molar-refractivity contribution is 5.94. The number of fused-ring (bicyclic) bond motifs is 1. The van der Waals surface area contributed by atoms with Crippen LogP contribution in [0.5, 0.6) is 0 Å². The highest BCUT2D eigenvalue weighted by atomic mass is 16.3. The van der Waals surface area contributed by atoms with Gasteiger partial charge in [-0.15, -0.1) is 0 Å². The van der Waals surface area contributed by atoms with Gasteiger partial charge in [0.05, 0.1) is 17.2 Å². The number of nitrogens with one attached hydrogen (secondary N) is 1. The highest BCUT2D eigenvalue weighted by Gasteiger charge is 2.06.